The van der Waals surface area contributed by atoms with Gasteiger partial charge in [-0.05, 0) is 32.8 Å². The Bertz CT molecular complexity index is 399. The van der Waals surface area contributed by atoms with Gasteiger partial charge in [-0.3, -0.25) is 0 Å². The molecule has 0 aliphatic carbocycles. The van der Waals surface area contributed by atoms with Crippen molar-refractivity contribution < 1.29 is 8.42 Å². The largest absolute Gasteiger partial charge is 0.228 e. The van der Waals surface area contributed by atoms with E-state index in [0.717, 1.165) is 5.56 Å². The van der Waals surface area contributed by atoms with Crippen LogP contribution in [-0.4, -0.2) is 18.9 Å². The molecule has 1 aromatic rings. The quantitative estimate of drug-likeness (QED) is 0.793. The molecule has 0 radical (unpaired) electrons. The smallest absolute Gasteiger partial charge is 0.155 e. The van der Waals surface area contributed by atoms with Crippen LogP contribution >= 0.6 is 0 Å². The summed E-state index contributed by atoms with van der Waals surface area (Å²) < 4.78 is 23.0. The third-order valence-electron chi connectivity index (χ3n) is 2.44. The van der Waals surface area contributed by atoms with Gasteiger partial charge in [0.25, 0.3) is 0 Å². The van der Waals surface area contributed by atoms with E-state index in [2.05, 4.69) is 0 Å². The van der Waals surface area contributed by atoms with E-state index in [1.807, 2.05) is 30.3 Å². The minimum Gasteiger partial charge on any atom is -0.228 e. The third-order valence-corrected chi connectivity index (χ3v) is 5.04. The maximum absolute atomic E-state index is 11.8. The molecule has 0 unspecified atom stereocenters. The molecule has 0 fully saturated rings. The molecule has 0 aliphatic heterocycles. The molecule has 0 heterocycles. The summed E-state index contributed by atoms with van der Waals surface area (Å²) in [6, 6.07) is 9.70. The summed E-state index contributed by atoms with van der Waals surface area (Å²) in [5.41, 5.74) is 1.07. The van der Waals surface area contributed by atoms with Gasteiger partial charge in [-0.25, -0.2) is 8.42 Å². The highest BCUT2D eigenvalue weighted by molar-refractivity contribution is 7.92. The molecule has 1 aromatic carbocycles. The van der Waals surface area contributed by atoms with Crippen molar-refractivity contribution in [1.29, 1.82) is 0 Å². The number of sulfone groups is 1. The SMILES string of the molecule is CC(C)(C)S(=O)(=O)CCc1ccccc1. The number of hydrogen-bond donors (Lipinski definition) is 0. The molecule has 1 rings (SSSR count). The summed E-state index contributed by atoms with van der Waals surface area (Å²) in [6.45, 7) is 5.23. The lowest BCUT2D eigenvalue weighted by Gasteiger charge is -2.18. The average Bonchev–Trinajstić information content (AvgIpc) is 2.15. The van der Waals surface area contributed by atoms with Crippen molar-refractivity contribution in [2.45, 2.75) is 31.9 Å². The predicted molar refractivity (Wildman–Crippen MR) is 63.7 cm³/mol. The van der Waals surface area contributed by atoms with Crippen LogP contribution in [0.1, 0.15) is 26.3 Å². The van der Waals surface area contributed by atoms with Crippen molar-refractivity contribution in [3.63, 3.8) is 0 Å². The minimum atomic E-state index is -3.00. The van der Waals surface area contributed by atoms with E-state index in [1.165, 1.54) is 0 Å². The highest BCUT2D eigenvalue weighted by Crippen LogP contribution is 2.17. The summed E-state index contributed by atoms with van der Waals surface area (Å²) in [4.78, 5) is 0. The van der Waals surface area contributed by atoms with Crippen molar-refractivity contribution in [2.24, 2.45) is 0 Å². The van der Waals surface area contributed by atoms with Gasteiger partial charge in [-0.1, -0.05) is 30.3 Å². The van der Waals surface area contributed by atoms with Crippen LogP contribution < -0.4 is 0 Å². The van der Waals surface area contributed by atoms with Crippen LogP contribution in [0.5, 0.6) is 0 Å². The standard InChI is InChI=1S/C12H18O2S/c1-12(2,3)15(13,14)10-9-11-7-5-4-6-8-11/h4-8H,9-10H2,1-3H3. The molecular formula is C12H18O2S. The first-order valence-electron chi connectivity index (χ1n) is 5.09. The Labute approximate surface area is 92.2 Å². The summed E-state index contributed by atoms with van der Waals surface area (Å²) >= 11 is 0. The molecule has 0 saturated carbocycles. The van der Waals surface area contributed by atoms with Crippen LogP contribution in [0.3, 0.4) is 0 Å². The monoisotopic (exact) mass is 226 g/mol. The molecule has 2 nitrogen and oxygen atoms in total. The van der Waals surface area contributed by atoms with Crippen LogP contribution in [-0.2, 0) is 16.3 Å². The maximum Gasteiger partial charge on any atom is 0.155 e. The second-order valence-electron chi connectivity index (χ2n) is 4.67. The fraction of sp³-hybridized carbons (Fsp3) is 0.500. The molecule has 0 aromatic heterocycles. The van der Waals surface area contributed by atoms with E-state index in [0.29, 0.717) is 6.42 Å². The lowest BCUT2D eigenvalue weighted by atomic mass is 10.2. The van der Waals surface area contributed by atoms with Gasteiger partial charge in [0, 0.05) is 0 Å². The normalized spacial score (nSPS) is 12.7. The zero-order valence-electron chi connectivity index (χ0n) is 9.53. The maximum atomic E-state index is 11.8. The molecule has 0 N–H and O–H groups in total. The fourth-order valence-electron chi connectivity index (χ4n) is 1.20. The van der Waals surface area contributed by atoms with Gasteiger partial charge >= 0.3 is 0 Å². The number of aryl methyl sites for hydroxylation is 1. The number of rotatable bonds is 3. The second-order valence-corrected chi connectivity index (χ2v) is 7.53. The summed E-state index contributed by atoms with van der Waals surface area (Å²) in [5, 5.41) is 0. The van der Waals surface area contributed by atoms with Crippen molar-refractivity contribution in [2.75, 3.05) is 5.75 Å². The Kier molecular flexibility index (Phi) is 3.55. The molecule has 0 amide bonds. The molecule has 84 valence electrons. The van der Waals surface area contributed by atoms with E-state index in [-0.39, 0.29) is 5.75 Å². The fourth-order valence-corrected chi connectivity index (χ4v) is 2.32. The van der Waals surface area contributed by atoms with Crippen molar-refractivity contribution >= 4 is 9.84 Å². The van der Waals surface area contributed by atoms with Crippen LogP contribution in [0.15, 0.2) is 30.3 Å². The first kappa shape index (κ1) is 12.2. The minimum absolute atomic E-state index is 0.223. The second kappa shape index (κ2) is 4.35. The lowest BCUT2D eigenvalue weighted by molar-refractivity contribution is 0.559. The van der Waals surface area contributed by atoms with E-state index in [1.54, 1.807) is 20.8 Å². The molecule has 15 heavy (non-hydrogen) atoms. The van der Waals surface area contributed by atoms with Crippen molar-refractivity contribution in [3.8, 4) is 0 Å². The molecular weight excluding hydrogens is 208 g/mol. The predicted octanol–water partition coefficient (Wildman–Crippen LogP) is 2.44. The van der Waals surface area contributed by atoms with Gasteiger partial charge < -0.3 is 0 Å². The summed E-state index contributed by atoms with van der Waals surface area (Å²) in [6.07, 6.45) is 0.598. The van der Waals surface area contributed by atoms with Crippen LogP contribution in [0, 0.1) is 0 Å². The molecule has 0 aliphatic rings. The molecule has 0 saturated heterocycles. The van der Waals surface area contributed by atoms with Gasteiger partial charge in [0.2, 0.25) is 0 Å². The summed E-state index contributed by atoms with van der Waals surface area (Å²) in [7, 11) is -3.00. The molecule has 0 bridgehead atoms. The zero-order valence-corrected chi connectivity index (χ0v) is 10.3. The molecule has 0 spiro atoms. The van der Waals surface area contributed by atoms with E-state index in [4.69, 9.17) is 0 Å². The van der Waals surface area contributed by atoms with Gasteiger partial charge in [0.05, 0.1) is 10.5 Å². The van der Waals surface area contributed by atoms with Gasteiger partial charge in [-0.2, -0.15) is 0 Å². The first-order valence-corrected chi connectivity index (χ1v) is 6.74. The molecule has 3 heteroatoms. The Balaban J connectivity index is 2.67. The van der Waals surface area contributed by atoms with Crippen molar-refractivity contribution in [3.05, 3.63) is 35.9 Å². The van der Waals surface area contributed by atoms with Crippen LogP contribution in [0.4, 0.5) is 0 Å². The van der Waals surface area contributed by atoms with E-state index < -0.39 is 14.6 Å². The zero-order chi connectivity index (χ0) is 11.5. The van der Waals surface area contributed by atoms with E-state index in [9.17, 15) is 8.42 Å². The number of hydrogen-bond acceptors (Lipinski definition) is 2. The Morgan fingerprint density at radius 3 is 2.07 bits per heavy atom. The van der Waals surface area contributed by atoms with Crippen molar-refractivity contribution in [1.82, 2.24) is 0 Å². The Morgan fingerprint density at radius 2 is 1.60 bits per heavy atom. The van der Waals surface area contributed by atoms with Gasteiger partial charge in [0.15, 0.2) is 9.84 Å². The van der Waals surface area contributed by atoms with E-state index >= 15 is 0 Å². The summed E-state index contributed by atoms with van der Waals surface area (Å²) in [5.74, 6) is 0.223. The topological polar surface area (TPSA) is 34.1 Å². The van der Waals surface area contributed by atoms with Crippen LogP contribution in [0.25, 0.3) is 0 Å². The first-order chi connectivity index (χ1) is 6.83. The highest BCUT2D eigenvalue weighted by atomic mass is 32.2. The van der Waals surface area contributed by atoms with Crippen LogP contribution in [0.2, 0.25) is 0 Å². The third kappa shape index (κ3) is 3.34. The average molecular weight is 226 g/mol. The van der Waals surface area contributed by atoms with Gasteiger partial charge in [0.1, 0.15) is 0 Å². The Hall–Kier alpha value is -0.830. The lowest BCUT2D eigenvalue weighted by Crippen LogP contribution is -2.31. The molecule has 0 atom stereocenters. The van der Waals surface area contributed by atoms with Gasteiger partial charge in [-0.15, -0.1) is 0 Å². The Morgan fingerprint density at radius 1 is 1.07 bits per heavy atom. The highest BCUT2D eigenvalue weighted by Gasteiger charge is 2.28. The number of benzene rings is 1.